The van der Waals surface area contributed by atoms with E-state index in [1.807, 2.05) is 31.3 Å². The molecule has 0 amide bonds. The van der Waals surface area contributed by atoms with E-state index in [0.717, 1.165) is 34.9 Å². The minimum Gasteiger partial charge on any atom is -0.488 e. The van der Waals surface area contributed by atoms with Crippen molar-refractivity contribution in [3.63, 3.8) is 0 Å². The first kappa shape index (κ1) is 13.7. The lowest BCUT2D eigenvalue weighted by Gasteiger charge is -2.09. The fourth-order valence-corrected chi connectivity index (χ4v) is 2.65. The van der Waals surface area contributed by atoms with Gasteiger partial charge >= 0.3 is 0 Å². The number of hydrogen-bond donors (Lipinski definition) is 0. The lowest BCUT2D eigenvalue weighted by molar-refractivity contribution is 0.202. The molecular weight excluding hydrogens is 297 g/mol. The zero-order valence-corrected chi connectivity index (χ0v) is 12.6. The van der Waals surface area contributed by atoms with Gasteiger partial charge in [-0.05, 0) is 30.2 Å². The second kappa shape index (κ2) is 5.62. The third kappa shape index (κ3) is 2.76. The standard InChI is InChI=1S/C14H15Cl2N3O/c1-2-12(16)13-8-19(18-17-13)7-11-6-9-5-10(15)3-4-14(9)20-11/h3-5,8,11-12H,2,6-7H2,1H3. The van der Waals surface area contributed by atoms with E-state index < -0.39 is 0 Å². The maximum atomic E-state index is 6.15. The summed E-state index contributed by atoms with van der Waals surface area (Å²) in [7, 11) is 0. The first-order chi connectivity index (χ1) is 9.65. The van der Waals surface area contributed by atoms with Gasteiger partial charge in [0.2, 0.25) is 0 Å². The van der Waals surface area contributed by atoms with Crippen molar-refractivity contribution in [1.82, 2.24) is 15.0 Å². The van der Waals surface area contributed by atoms with Crippen LogP contribution in [-0.2, 0) is 13.0 Å². The van der Waals surface area contributed by atoms with E-state index in [2.05, 4.69) is 10.3 Å². The molecule has 1 aliphatic heterocycles. The lowest BCUT2D eigenvalue weighted by atomic mass is 10.1. The molecule has 0 saturated heterocycles. The minimum atomic E-state index is -0.0794. The molecule has 6 heteroatoms. The number of rotatable bonds is 4. The Morgan fingerprint density at radius 2 is 2.35 bits per heavy atom. The van der Waals surface area contributed by atoms with Crippen LogP contribution < -0.4 is 4.74 Å². The van der Waals surface area contributed by atoms with Crippen molar-refractivity contribution in [2.24, 2.45) is 0 Å². The van der Waals surface area contributed by atoms with Gasteiger partial charge in [0, 0.05) is 11.4 Å². The molecule has 0 bridgehead atoms. The Hall–Kier alpha value is -1.26. The SMILES string of the molecule is CCC(Cl)c1cn(CC2Cc3cc(Cl)ccc3O2)nn1. The summed E-state index contributed by atoms with van der Waals surface area (Å²) in [6, 6.07) is 5.71. The van der Waals surface area contributed by atoms with Gasteiger partial charge in [-0.3, -0.25) is 0 Å². The number of fused-ring (bicyclic) bond motifs is 1. The van der Waals surface area contributed by atoms with Crippen LogP contribution in [0, 0.1) is 0 Å². The van der Waals surface area contributed by atoms with Gasteiger partial charge in [-0.1, -0.05) is 23.7 Å². The van der Waals surface area contributed by atoms with Crippen LogP contribution in [-0.4, -0.2) is 21.1 Å². The van der Waals surface area contributed by atoms with Gasteiger partial charge in [0.25, 0.3) is 0 Å². The summed E-state index contributed by atoms with van der Waals surface area (Å²) >= 11 is 12.1. The highest BCUT2D eigenvalue weighted by Crippen LogP contribution is 2.31. The Morgan fingerprint density at radius 3 is 3.15 bits per heavy atom. The number of hydrogen-bond acceptors (Lipinski definition) is 3. The molecular formula is C14H15Cl2N3O. The second-order valence-corrected chi connectivity index (χ2v) is 5.90. The molecule has 2 atom stereocenters. The van der Waals surface area contributed by atoms with Gasteiger partial charge in [0.05, 0.1) is 18.1 Å². The van der Waals surface area contributed by atoms with E-state index in [-0.39, 0.29) is 11.5 Å². The highest BCUT2D eigenvalue weighted by molar-refractivity contribution is 6.30. The van der Waals surface area contributed by atoms with Crippen molar-refractivity contribution in [2.75, 3.05) is 0 Å². The largest absolute Gasteiger partial charge is 0.488 e. The van der Waals surface area contributed by atoms with Gasteiger partial charge in [-0.2, -0.15) is 0 Å². The summed E-state index contributed by atoms with van der Waals surface area (Å²) < 4.78 is 7.67. The van der Waals surface area contributed by atoms with Crippen LogP contribution in [0.3, 0.4) is 0 Å². The predicted molar refractivity (Wildman–Crippen MR) is 78.5 cm³/mol. The Morgan fingerprint density at radius 1 is 1.50 bits per heavy atom. The number of benzene rings is 1. The molecule has 0 N–H and O–H groups in total. The molecule has 0 radical (unpaired) electrons. The Kier molecular flexibility index (Phi) is 3.85. The Labute approximate surface area is 127 Å². The van der Waals surface area contributed by atoms with Crippen LogP contribution in [0.1, 0.15) is 30.0 Å². The van der Waals surface area contributed by atoms with Gasteiger partial charge < -0.3 is 4.74 Å². The van der Waals surface area contributed by atoms with Crippen molar-refractivity contribution in [3.8, 4) is 5.75 Å². The maximum absolute atomic E-state index is 6.15. The monoisotopic (exact) mass is 311 g/mol. The number of halogens is 2. The summed E-state index contributed by atoms with van der Waals surface area (Å²) in [6.45, 7) is 2.68. The third-order valence-electron chi connectivity index (χ3n) is 3.39. The van der Waals surface area contributed by atoms with E-state index >= 15 is 0 Å². The van der Waals surface area contributed by atoms with Gasteiger partial charge in [-0.15, -0.1) is 16.7 Å². The minimum absolute atomic E-state index is 0.0634. The summed E-state index contributed by atoms with van der Waals surface area (Å²) in [5, 5.41) is 8.86. The summed E-state index contributed by atoms with van der Waals surface area (Å²) in [5.41, 5.74) is 1.96. The Balaban J connectivity index is 1.67. The van der Waals surface area contributed by atoms with Crippen molar-refractivity contribution in [2.45, 2.75) is 37.8 Å². The van der Waals surface area contributed by atoms with Crippen LogP contribution in [0.15, 0.2) is 24.4 Å². The molecule has 106 valence electrons. The molecule has 1 aliphatic rings. The van der Waals surface area contributed by atoms with Crippen molar-refractivity contribution >= 4 is 23.2 Å². The summed E-state index contributed by atoms with van der Waals surface area (Å²) in [6.07, 6.45) is 3.63. The molecule has 2 unspecified atom stereocenters. The van der Waals surface area contributed by atoms with Crippen LogP contribution >= 0.6 is 23.2 Å². The molecule has 2 aromatic rings. The van der Waals surface area contributed by atoms with Gasteiger partial charge in [0.1, 0.15) is 17.5 Å². The van der Waals surface area contributed by atoms with Crippen molar-refractivity contribution in [1.29, 1.82) is 0 Å². The number of aromatic nitrogens is 3. The van der Waals surface area contributed by atoms with E-state index in [4.69, 9.17) is 27.9 Å². The topological polar surface area (TPSA) is 39.9 Å². The number of ether oxygens (including phenoxy) is 1. The highest BCUT2D eigenvalue weighted by atomic mass is 35.5. The smallest absolute Gasteiger partial charge is 0.123 e. The fourth-order valence-electron chi connectivity index (χ4n) is 2.35. The lowest BCUT2D eigenvalue weighted by Crippen LogP contribution is -2.21. The van der Waals surface area contributed by atoms with Crippen LogP contribution in [0.2, 0.25) is 5.02 Å². The average molecular weight is 312 g/mol. The molecule has 2 heterocycles. The zero-order chi connectivity index (χ0) is 14.1. The van der Waals surface area contributed by atoms with Gasteiger partial charge in [-0.25, -0.2) is 4.68 Å². The van der Waals surface area contributed by atoms with Crippen LogP contribution in [0.5, 0.6) is 5.75 Å². The molecule has 0 saturated carbocycles. The summed E-state index contributed by atoms with van der Waals surface area (Å²) in [5.74, 6) is 0.906. The molecule has 1 aromatic carbocycles. The van der Waals surface area contributed by atoms with Crippen molar-refractivity contribution in [3.05, 3.63) is 40.7 Å². The summed E-state index contributed by atoms with van der Waals surface area (Å²) in [4.78, 5) is 0. The first-order valence-corrected chi connectivity index (χ1v) is 7.46. The third-order valence-corrected chi connectivity index (χ3v) is 4.16. The van der Waals surface area contributed by atoms with Crippen molar-refractivity contribution < 1.29 is 4.74 Å². The molecule has 0 aliphatic carbocycles. The fraction of sp³-hybridized carbons (Fsp3) is 0.429. The Bertz CT molecular complexity index is 614. The maximum Gasteiger partial charge on any atom is 0.123 e. The quantitative estimate of drug-likeness (QED) is 0.810. The van der Waals surface area contributed by atoms with Crippen LogP contribution in [0.25, 0.3) is 0 Å². The number of nitrogens with zero attached hydrogens (tertiary/aromatic N) is 3. The highest BCUT2D eigenvalue weighted by Gasteiger charge is 2.24. The molecule has 0 spiro atoms. The molecule has 0 fully saturated rings. The molecule has 1 aromatic heterocycles. The average Bonchev–Trinajstić information content (AvgIpc) is 3.04. The molecule has 20 heavy (non-hydrogen) atoms. The van der Waals surface area contributed by atoms with E-state index in [9.17, 15) is 0 Å². The van der Waals surface area contributed by atoms with E-state index in [1.165, 1.54) is 0 Å². The molecule has 4 nitrogen and oxygen atoms in total. The van der Waals surface area contributed by atoms with E-state index in [1.54, 1.807) is 4.68 Å². The normalized spacial score (nSPS) is 18.6. The second-order valence-electron chi connectivity index (χ2n) is 4.94. The predicted octanol–water partition coefficient (Wildman–Crippen LogP) is 3.63. The molecule has 3 rings (SSSR count). The van der Waals surface area contributed by atoms with E-state index in [0.29, 0.717) is 6.54 Å². The van der Waals surface area contributed by atoms with Gasteiger partial charge in [0.15, 0.2) is 0 Å². The zero-order valence-electron chi connectivity index (χ0n) is 11.1. The van der Waals surface area contributed by atoms with Crippen LogP contribution in [0.4, 0.5) is 0 Å². The number of alkyl halides is 1. The first-order valence-electron chi connectivity index (χ1n) is 6.65.